The smallest absolute Gasteiger partial charge is 0.200 e. The second kappa shape index (κ2) is 12.8. The zero-order valence-corrected chi connectivity index (χ0v) is 17.7. The zero-order valence-electron chi connectivity index (χ0n) is 16.9. The third-order valence-electron chi connectivity index (χ3n) is 5.26. The summed E-state index contributed by atoms with van der Waals surface area (Å²) in [5, 5.41) is 0.749. The molecule has 0 atom stereocenters. The third-order valence-corrected chi connectivity index (χ3v) is 5.51. The molecule has 2 N–H and O–H groups in total. The lowest BCUT2D eigenvalue weighted by molar-refractivity contribution is 0.530. The minimum atomic E-state index is 0.600. The number of unbranched alkanes of at least 4 members (excludes halogenated alkanes) is 11. The lowest BCUT2D eigenvalue weighted by Gasteiger charge is -2.10. The van der Waals surface area contributed by atoms with Gasteiger partial charge in [-0.15, -0.1) is 0 Å². The minimum Gasteiger partial charge on any atom is -0.369 e. The minimum absolute atomic E-state index is 0.600. The molecular formula is C23H36ClN3. The second-order valence-corrected chi connectivity index (χ2v) is 7.99. The van der Waals surface area contributed by atoms with Crippen molar-refractivity contribution in [2.45, 2.75) is 90.5 Å². The Kier molecular flexibility index (Phi) is 10.4. The summed E-state index contributed by atoms with van der Waals surface area (Å²) in [7, 11) is 0. The molecule has 0 unspecified atom stereocenters. The molecule has 0 saturated carbocycles. The van der Waals surface area contributed by atoms with Crippen molar-refractivity contribution >= 4 is 17.5 Å². The number of nitrogens with zero attached hydrogens (tertiary/aromatic N) is 2. The van der Waals surface area contributed by atoms with Gasteiger partial charge in [-0.1, -0.05) is 101 Å². The van der Waals surface area contributed by atoms with Crippen molar-refractivity contribution in [1.29, 1.82) is 0 Å². The summed E-state index contributed by atoms with van der Waals surface area (Å²) in [5.74, 6) is 0.600. The fraction of sp³-hybridized carbons (Fsp3) is 0.609. The number of hydrogen-bond donors (Lipinski definition) is 1. The van der Waals surface area contributed by atoms with Crippen LogP contribution in [-0.4, -0.2) is 9.55 Å². The number of hydrogen-bond acceptors (Lipinski definition) is 2. The second-order valence-electron chi connectivity index (χ2n) is 7.55. The monoisotopic (exact) mass is 389 g/mol. The maximum Gasteiger partial charge on any atom is 0.200 e. The number of nitrogens with two attached hydrogens (primary N) is 1. The van der Waals surface area contributed by atoms with E-state index >= 15 is 0 Å². The molecule has 0 radical (unpaired) electrons. The van der Waals surface area contributed by atoms with Gasteiger partial charge >= 0.3 is 0 Å². The van der Waals surface area contributed by atoms with Gasteiger partial charge in [-0.05, 0) is 24.1 Å². The van der Waals surface area contributed by atoms with Gasteiger partial charge in [-0.25, -0.2) is 4.98 Å². The van der Waals surface area contributed by atoms with Crippen molar-refractivity contribution in [3.63, 3.8) is 0 Å². The number of rotatable bonds is 14. The number of halogens is 1. The van der Waals surface area contributed by atoms with Gasteiger partial charge in [-0.2, -0.15) is 0 Å². The number of nitrogen functional groups attached to an aromatic ring is 1. The standard InChI is InChI=1S/C23H36ClN3/c1-2-3-4-5-6-7-8-9-10-11-12-13-18-27-22(19-26-23(27)25)20-14-16-21(24)17-15-20/h14-17,19H,2-13,18H2,1H3,(H2,25,26). The van der Waals surface area contributed by atoms with Crippen LogP contribution in [0.25, 0.3) is 11.3 Å². The van der Waals surface area contributed by atoms with E-state index in [9.17, 15) is 0 Å². The van der Waals surface area contributed by atoms with Crippen LogP contribution in [0.5, 0.6) is 0 Å². The van der Waals surface area contributed by atoms with E-state index in [0.29, 0.717) is 5.95 Å². The maximum absolute atomic E-state index is 6.07. The lowest BCUT2D eigenvalue weighted by Crippen LogP contribution is -2.05. The maximum atomic E-state index is 6.07. The Labute approximate surface area is 170 Å². The van der Waals surface area contributed by atoms with Crippen LogP contribution >= 0.6 is 11.6 Å². The van der Waals surface area contributed by atoms with E-state index in [2.05, 4.69) is 16.5 Å². The van der Waals surface area contributed by atoms with Gasteiger partial charge in [0.15, 0.2) is 0 Å². The predicted molar refractivity (Wildman–Crippen MR) is 118 cm³/mol. The first-order valence-corrected chi connectivity index (χ1v) is 11.2. The van der Waals surface area contributed by atoms with Gasteiger partial charge in [0.05, 0.1) is 11.9 Å². The molecule has 2 rings (SSSR count). The van der Waals surface area contributed by atoms with Crippen LogP contribution in [-0.2, 0) is 6.54 Å². The van der Waals surface area contributed by atoms with Crippen LogP contribution in [0, 0.1) is 0 Å². The molecular weight excluding hydrogens is 354 g/mol. The molecule has 27 heavy (non-hydrogen) atoms. The van der Waals surface area contributed by atoms with Crippen LogP contribution in [0.15, 0.2) is 30.5 Å². The molecule has 0 fully saturated rings. The van der Waals surface area contributed by atoms with E-state index in [1.54, 1.807) is 0 Å². The van der Waals surface area contributed by atoms with Gasteiger partial charge in [-0.3, -0.25) is 0 Å². The molecule has 3 nitrogen and oxygen atoms in total. The molecule has 4 heteroatoms. The molecule has 0 amide bonds. The summed E-state index contributed by atoms with van der Waals surface area (Å²) in [6.45, 7) is 3.21. The highest BCUT2D eigenvalue weighted by atomic mass is 35.5. The van der Waals surface area contributed by atoms with E-state index < -0.39 is 0 Å². The molecule has 0 aliphatic carbocycles. The molecule has 1 heterocycles. The first-order chi connectivity index (χ1) is 13.2. The fourth-order valence-electron chi connectivity index (χ4n) is 3.59. The summed E-state index contributed by atoms with van der Waals surface area (Å²) in [6, 6.07) is 7.87. The Morgan fingerprint density at radius 1 is 0.815 bits per heavy atom. The number of imidazole rings is 1. The predicted octanol–water partition coefficient (Wildman–Crippen LogP) is 7.49. The topological polar surface area (TPSA) is 43.8 Å². The summed E-state index contributed by atoms with van der Waals surface area (Å²) in [5.41, 5.74) is 8.26. The highest BCUT2D eigenvalue weighted by Gasteiger charge is 2.09. The summed E-state index contributed by atoms with van der Waals surface area (Å²) in [4.78, 5) is 4.30. The van der Waals surface area contributed by atoms with Crippen molar-refractivity contribution in [2.75, 3.05) is 5.73 Å². The summed E-state index contributed by atoms with van der Waals surface area (Å²) < 4.78 is 2.12. The zero-order chi connectivity index (χ0) is 19.3. The first kappa shape index (κ1) is 21.8. The third kappa shape index (κ3) is 7.96. The highest BCUT2D eigenvalue weighted by molar-refractivity contribution is 6.30. The van der Waals surface area contributed by atoms with Gasteiger partial charge in [0.2, 0.25) is 5.95 Å². The largest absolute Gasteiger partial charge is 0.369 e. The fourth-order valence-corrected chi connectivity index (χ4v) is 3.71. The van der Waals surface area contributed by atoms with E-state index in [0.717, 1.165) is 29.2 Å². The van der Waals surface area contributed by atoms with Crippen molar-refractivity contribution in [1.82, 2.24) is 9.55 Å². The molecule has 2 aromatic rings. The quantitative estimate of drug-likeness (QED) is 0.340. The van der Waals surface area contributed by atoms with Crippen molar-refractivity contribution in [3.8, 4) is 11.3 Å². The average Bonchev–Trinajstić information content (AvgIpc) is 3.04. The Morgan fingerprint density at radius 3 is 1.89 bits per heavy atom. The lowest BCUT2D eigenvalue weighted by atomic mass is 10.1. The Morgan fingerprint density at radius 2 is 1.33 bits per heavy atom. The van der Waals surface area contributed by atoms with E-state index in [1.807, 2.05) is 30.5 Å². The normalized spacial score (nSPS) is 11.2. The average molecular weight is 390 g/mol. The Balaban J connectivity index is 1.60. The molecule has 0 bridgehead atoms. The molecule has 0 spiro atoms. The van der Waals surface area contributed by atoms with Gasteiger partial charge in [0.1, 0.15) is 0 Å². The number of benzene rings is 1. The number of aromatic nitrogens is 2. The van der Waals surface area contributed by atoms with E-state index in [1.165, 1.54) is 70.6 Å². The van der Waals surface area contributed by atoms with Crippen molar-refractivity contribution in [3.05, 3.63) is 35.5 Å². The SMILES string of the molecule is CCCCCCCCCCCCCCn1c(-c2ccc(Cl)cc2)cnc1N. The highest BCUT2D eigenvalue weighted by Crippen LogP contribution is 2.24. The van der Waals surface area contributed by atoms with Crippen molar-refractivity contribution < 1.29 is 0 Å². The van der Waals surface area contributed by atoms with Crippen LogP contribution in [0.1, 0.15) is 84.0 Å². The molecule has 0 aliphatic rings. The molecule has 150 valence electrons. The van der Waals surface area contributed by atoms with Crippen LogP contribution in [0.3, 0.4) is 0 Å². The first-order valence-electron chi connectivity index (χ1n) is 10.8. The van der Waals surface area contributed by atoms with Crippen LogP contribution in [0.4, 0.5) is 5.95 Å². The van der Waals surface area contributed by atoms with Crippen LogP contribution in [0.2, 0.25) is 5.02 Å². The molecule has 1 aromatic carbocycles. The Hall–Kier alpha value is -1.48. The van der Waals surface area contributed by atoms with E-state index in [4.69, 9.17) is 17.3 Å². The van der Waals surface area contributed by atoms with Crippen molar-refractivity contribution in [2.24, 2.45) is 0 Å². The van der Waals surface area contributed by atoms with Crippen LogP contribution < -0.4 is 5.73 Å². The number of anilines is 1. The summed E-state index contributed by atoms with van der Waals surface area (Å²) in [6.07, 6.45) is 18.2. The Bertz CT molecular complexity index is 634. The molecule has 0 saturated heterocycles. The van der Waals surface area contributed by atoms with E-state index in [-0.39, 0.29) is 0 Å². The van der Waals surface area contributed by atoms with Gasteiger partial charge in [0.25, 0.3) is 0 Å². The molecule has 0 aliphatic heterocycles. The molecule has 1 aromatic heterocycles. The summed E-state index contributed by atoms with van der Waals surface area (Å²) >= 11 is 5.99. The van der Waals surface area contributed by atoms with Gasteiger partial charge in [0, 0.05) is 11.6 Å². The van der Waals surface area contributed by atoms with Gasteiger partial charge < -0.3 is 10.3 Å².